The first kappa shape index (κ1) is 20.1. The number of para-hydroxylation sites is 1. The fourth-order valence-electron chi connectivity index (χ4n) is 3.62. The maximum atomic E-state index is 12.2. The van der Waals surface area contributed by atoms with Gasteiger partial charge in [-0.3, -0.25) is 9.59 Å². The summed E-state index contributed by atoms with van der Waals surface area (Å²) < 4.78 is 5.52. The van der Waals surface area contributed by atoms with Crippen molar-refractivity contribution in [3.63, 3.8) is 0 Å². The van der Waals surface area contributed by atoms with E-state index in [0.717, 1.165) is 45.6 Å². The van der Waals surface area contributed by atoms with Gasteiger partial charge in [0, 0.05) is 13.2 Å². The number of quaternary nitrogens is 2. The molecule has 4 N–H and O–H groups in total. The summed E-state index contributed by atoms with van der Waals surface area (Å²) in [7, 11) is 0. The van der Waals surface area contributed by atoms with Crippen LogP contribution in [0.5, 0.6) is 0 Å². The van der Waals surface area contributed by atoms with E-state index in [1.165, 1.54) is 9.80 Å². The Bertz CT molecular complexity index is 644. The van der Waals surface area contributed by atoms with Gasteiger partial charge in [-0.05, 0) is 25.0 Å². The highest BCUT2D eigenvalue weighted by Crippen LogP contribution is 2.19. The van der Waals surface area contributed by atoms with Crippen LogP contribution in [0.2, 0.25) is 5.02 Å². The molecular formula is C19H29ClN4O3+2. The minimum atomic E-state index is -0.0316. The van der Waals surface area contributed by atoms with Crippen LogP contribution in [0.1, 0.15) is 12.8 Å². The number of hydrogen-bond donors (Lipinski definition) is 4. The van der Waals surface area contributed by atoms with Crippen molar-refractivity contribution in [1.82, 2.24) is 5.32 Å². The third kappa shape index (κ3) is 6.46. The Balaban J connectivity index is 1.33. The van der Waals surface area contributed by atoms with Crippen LogP contribution in [0.4, 0.5) is 5.69 Å². The summed E-state index contributed by atoms with van der Waals surface area (Å²) in [5.74, 6) is 0.0521. The van der Waals surface area contributed by atoms with Gasteiger partial charge in [-0.1, -0.05) is 23.7 Å². The number of amides is 2. The number of ether oxygens (including phenoxy) is 1. The molecule has 0 radical (unpaired) electrons. The zero-order valence-electron chi connectivity index (χ0n) is 15.6. The highest BCUT2D eigenvalue weighted by molar-refractivity contribution is 6.33. The molecule has 2 aliphatic heterocycles. The van der Waals surface area contributed by atoms with Crippen molar-refractivity contribution in [2.75, 3.05) is 57.7 Å². The Morgan fingerprint density at radius 2 is 1.74 bits per heavy atom. The van der Waals surface area contributed by atoms with E-state index in [-0.39, 0.29) is 17.9 Å². The third-order valence-electron chi connectivity index (χ3n) is 5.18. The standard InChI is InChI=1S/C19H27ClN4O3/c20-16-5-1-2-6-17(16)22-19(26)14-24-9-7-23(8-10-24)13-18(25)21-12-15-4-3-11-27-15/h1-2,5-6,15H,3-4,7-14H2,(H,21,25)(H,22,26)/p+2/t15-/m1/s1. The fourth-order valence-corrected chi connectivity index (χ4v) is 3.80. The van der Waals surface area contributed by atoms with Gasteiger partial charge in [0.25, 0.3) is 11.8 Å². The third-order valence-corrected chi connectivity index (χ3v) is 5.51. The van der Waals surface area contributed by atoms with Gasteiger partial charge < -0.3 is 25.2 Å². The van der Waals surface area contributed by atoms with Crippen molar-refractivity contribution < 1.29 is 24.1 Å². The summed E-state index contributed by atoms with van der Waals surface area (Å²) in [6.07, 6.45) is 2.30. The molecule has 1 atom stereocenters. The van der Waals surface area contributed by atoms with Crippen molar-refractivity contribution in [2.45, 2.75) is 18.9 Å². The minimum Gasteiger partial charge on any atom is -0.376 e. The molecule has 0 aromatic heterocycles. The van der Waals surface area contributed by atoms with Crippen LogP contribution in [0.15, 0.2) is 24.3 Å². The number of anilines is 1. The molecule has 7 nitrogen and oxygen atoms in total. The van der Waals surface area contributed by atoms with Gasteiger partial charge in [0.2, 0.25) is 0 Å². The molecule has 0 spiro atoms. The van der Waals surface area contributed by atoms with E-state index in [1.807, 2.05) is 12.1 Å². The van der Waals surface area contributed by atoms with E-state index in [2.05, 4.69) is 10.6 Å². The lowest BCUT2D eigenvalue weighted by molar-refractivity contribution is -1.00. The lowest BCUT2D eigenvalue weighted by atomic mass is 10.2. The number of nitrogens with one attached hydrogen (secondary N) is 4. The quantitative estimate of drug-likeness (QED) is 0.446. The van der Waals surface area contributed by atoms with Crippen LogP contribution >= 0.6 is 11.6 Å². The van der Waals surface area contributed by atoms with Crippen LogP contribution in [0.25, 0.3) is 0 Å². The van der Waals surface area contributed by atoms with Crippen LogP contribution in [0, 0.1) is 0 Å². The van der Waals surface area contributed by atoms with E-state index < -0.39 is 0 Å². The van der Waals surface area contributed by atoms with Gasteiger partial charge in [0.1, 0.15) is 26.2 Å². The molecule has 8 heteroatoms. The average Bonchev–Trinajstić information content (AvgIpc) is 3.17. The molecule has 0 aliphatic carbocycles. The number of piperazine rings is 1. The Morgan fingerprint density at radius 3 is 2.37 bits per heavy atom. The van der Waals surface area contributed by atoms with E-state index >= 15 is 0 Å². The SMILES string of the molecule is O=C(C[NH+]1CC[NH+](CC(=O)Nc2ccccc2Cl)CC1)NC[C@H]1CCCO1. The second-order valence-electron chi connectivity index (χ2n) is 7.32. The van der Waals surface area contributed by atoms with Gasteiger partial charge in [-0.2, -0.15) is 0 Å². The average molecular weight is 397 g/mol. The van der Waals surface area contributed by atoms with E-state index in [1.54, 1.807) is 12.1 Å². The van der Waals surface area contributed by atoms with Gasteiger partial charge in [0.15, 0.2) is 13.1 Å². The second-order valence-corrected chi connectivity index (χ2v) is 7.73. The summed E-state index contributed by atoms with van der Waals surface area (Å²) in [6.45, 7) is 5.88. The second kappa shape index (κ2) is 10.0. The molecule has 2 saturated heterocycles. The molecule has 3 rings (SSSR count). The number of hydrogen-bond acceptors (Lipinski definition) is 3. The van der Waals surface area contributed by atoms with Crippen molar-refractivity contribution >= 4 is 29.1 Å². The minimum absolute atomic E-state index is 0.0316. The first-order valence-electron chi connectivity index (χ1n) is 9.70. The maximum absolute atomic E-state index is 12.2. The molecule has 2 fully saturated rings. The Morgan fingerprint density at radius 1 is 1.07 bits per heavy atom. The molecular weight excluding hydrogens is 368 g/mol. The number of carbonyl (C=O) groups is 2. The van der Waals surface area contributed by atoms with Crippen molar-refractivity contribution in [2.24, 2.45) is 0 Å². The first-order chi connectivity index (χ1) is 13.1. The maximum Gasteiger partial charge on any atom is 0.279 e. The largest absolute Gasteiger partial charge is 0.376 e. The van der Waals surface area contributed by atoms with Crippen LogP contribution in [-0.2, 0) is 14.3 Å². The predicted molar refractivity (Wildman–Crippen MR) is 103 cm³/mol. The van der Waals surface area contributed by atoms with Gasteiger partial charge in [-0.25, -0.2) is 0 Å². The summed E-state index contributed by atoms with van der Waals surface area (Å²) in [4.78, 5) is 26.8. The fraction of sp³-hybridized carbons (Fsp3) is 0.579. The first-order valence-corrected chi connectivity index (χ1v) is 10.1. The molecule has 2 aliphatic rings. The number of carbonyl (C=O) groups excluding carboxylic acids is 2. The Hall–Kier alpha value is -1.67. The highest BCUT2D eigenvalue weighted by Gasteiger charge is 2.27. The Kier molecular flexibility index (Phi) is 7.46. The van der Waals surface area contributed by atoms with Crippen molar-refractivity contribution in [1.29, 1.82) is 0 Å². The molecule has 148 valence electrons. The van der Waals surface area contributed by atoms with Gasteiger partial charge in [-0.15, -0.1) is 0 Å². The van der Waals surface area contributed by atoms with Gasteiger partial charge >= 0.3 is 0 Å². The normalized spacial score (nSPS) is 25.1. The number of benzene rings is 1. The van der Waals surface area contributed by atoms with E-state index in [4.69, 9.17) is 16.3 Å². The molecule has 27 heavy (non-hydrogen) atoms. The molecule has 2 heterocycles. The molecule has 1 aromatic rings. The zero-order valence-corrected chi connectivity index (χ0v) is 16.3. The summed E-state index contributed by atoms with van der Waals surface area (Å²) in [6, 6.07) is 7.24. The highest BCUT2D eigenvalue weighted by atomic mass is 35.5. The summed E-state index contributed by atoms with van der Waals surface area (Å²) >= 11 is 6.08. The predicted octanol–water partition coefficient (Wildman–Crippen LogP) is -1.64. The lowest BCUT2D eigenvalue weighted by Gasteiger charge is -2.29. The van der Waals surface area contributed by atoms with Crippen molar-refractivity contribution in [3.8, 4) is 0 Å². The summed E-state index contributed by atoms with van der Waals surface area (Å²) in [5, 5.41) is 6.40. The monoisotopic (exact) mass is 396 g/mol. The molecule has 0 unspecified atom stereocenters. The molecule has 1 aromatic carbocycles. The van der Waals surface area contributed by atoms with Crippen molar-refractivity contribution in [3.05, 3.63) is 29.3 Å². The smallest absolute Gasteiger partial charge is 0.279 e. The van der Waals surface area contributed by atoms with Crippen LogP contribution in [0.3, 0.4) is 0 Å². The van der Waals surface area contributed by atoms with Gasteiger partial charge in [0.05, 0.1) is 16.8 Å². The zero-order chi connectivity index (χ0) is 19.1. The molecule has 2 amide bonds. The lowest BCUT2D eigenvalue weighted by Crippen LogP contribution is -3.28. The number of rotatable bonds is 7. The molecule has 0 bridgehead atoms. The van der Waals surface area contributed by atoms with Crippen LogP contribution in [-0.4, -0.2) is 70.3 Å². The van der Waals surface area contributed by atoms with E-state index in [9.17, 15) is 9.59 Å². The summed E-state index contributed by atoms with van der Waals surface area (Å²) in [5.41, 5.74) is 0.649. The topological polar surface area (TPSA) is 76.3 Å². The van der Waals surface area contributed by atoms with Crippen LogP contribution < -0.4 is 20.4 Å². The molecule has 0 saturated carbocycles. The van der Waals surface area contributed by atoms with E-state index in [0.29, 0.717) is 30.3 Å². The number of halogens is 1. The Labute approximate surface area is 165 Å².